The van der Waals surface area contributed by atoms with Gasteiger partial charge in [-0.15, -0.1) is 0 Å². The van der Waals surface area contributed by atoms with Crippen LogP contribution in [-0.2, 0) is 38.1 Å². The summed E-state index contributed by atoms with van der Waals surface area (Å²) < 4.78 is 51.8. The third-order valence-corrected chi connectivity index (χ3v) is 8.79. The number of hydrogen-bond donors (Lipinski definition) is 0. The lowest BCUT2D eigenvalue weighted by Crippen LogP contribution is -2.36. The van der Waals surface area contributed by atoms with E-state index in [-0.39, 0.29) is 67.4 Å². The molecule has 0 aliphatic carbocycles. The van der Waals surface area contributed by atoms with Crippen LogP contribution >= 0.6 is 15.9 Å². The molecule has 13 nitrogen and oxygen atoms in total. The van der Waals surface area contributed by atoms with Gasteiger partial charge in [-0.05, 0) is 41.5 Å². The van der Waals surface area contributed by atoms with Crippen molar-refractivity contribution in [2.45, 2.75) is 34.1 Å². The molecule has 0 heterocycles. The Labute approximate surface area is 301 Å². The number of esters is 4. The van der Waals surface area contributed by atoms with Crippen molar-refractivity contribution in [1.29, 1.82) is 0 Å². The number of carbonyl (C=O) groups is 4. The van der Waals surface area contributed by atoms with E-state index >= 15 is 0 Å². The fraction of sp³-hybridized carbons (Fsp3) is 0.543. The van der Waals surface area contributed by atoms with Gasteiger partial charge in [0, 0.05) is 17.5 Å². The summed E-state index contributed by atoms with van der Waals surface area (Å²) in [6.07, 6.45) is 0.884. The summed E-state index contributed by atoms with van der Waals surface area (Å²) in [5.41, 5.74) is 0.489. The number of halogens is 2. The minimum Gasteiger partial charge on any atom is -0.493 e. The third-order valence-electron chi connectivity index (χ3n) is 7.27. The second-order valence-electron chi connectivity index (χ2n) is 12.9. The van der Waals surface area contributed by atoms with Crippen molar-refractivity contribution in [1.82, 2.24) is 0 Å². The van der Waals surface area contributed by atoms with Crippen molar-refractivity contribution in [3.63, 3.8) is 0 Å². The van der Waals surface area contributed by atoms with Crippen LogP contribution in [0.1, 0.15) is 34.1 Å². The Kier molecular flexibility index (Phi) is 16.6. The maximum absolute atomic E-state index is 14.4. The molecule has 2 aromatic rings. The van der Waals surface area contributed by atoms with Crippen LogP contribution in [0.25, 0.3) is 0 Å². The molecule has 0 aromatic heterocycles. The first-order valence-corrected chi connectivity index (χ1v) is 16.8. The minimum atomic E-state index is -0.638. The molecule has 2 aromatic carbocycles. The zero-order valence-electron chi connectivity index (χ0n) is 30.0. The highest BCUT2D eigenvalue weighted by Gasteiger charge is 2.29. The fourth-order valence-corrected chi connectivity index (χ4v) is 5.33. The Morgan fingerprint density at radius 2 is 1.06 bits per heavy atom. The van der Waals surface area contributed by atoms with Crippen molar-refractivity contribution >= 4 is 51.2 Å². The number of rotatable bonds is 21. The largest absolute Gasteiger partial charge is 0.493 e. The van der Waals surface area contributed by atoms with Crippen molar-refractivity contribution < 1.29 is 56.7 Å². The van der Waals surface area contributed by atoms with Gasteiger partial charge < -0.3 is 43.0 Å². The summed E-state index contributed by atoms with van der Waals surface area (Å²) >= 11 is 3.58. The molecule has 50 heavy (non-hydrogen) atoms. The maximum Gasteiger partial charge on any atom is 0.325 e. The van der Waals surface area contributed by atoms with Gasteiger partial charge in [0.25, 0.3) is 0 Å². The molecular weight excluding hydrogens is 723 g/mol. The average molecular weight is 772 g/mol. The van der Waals surface area contributed by atoms with Gasteiger partial charge in [-0.2, -0.15) is 0 Å². The van der Waals surface area contributed by atoms with E-state index in [1.54, 1.807) is 18.2 Å². The number of carbonyl (C=O) groups excluding carboxylic acids is 4. The van der Waals surface area contributed by atoms with Gasteiger partial charge in [-0.3, -0.25) is 19.2 Å². The first-order valence-electron chi connectivity index (χ1n) is 15.7. The molecule has 0 fully saturated rings. The number of anilines is 2. The smallest absolute Gasteiger partial charge is 0.325 e. The fourth-order valence-electron chi connectivity index (χ4n) is 5.14. The van der Waals surface area contributed by atoms with E-state index in [9.17, 15) is 23.6 Å². The van der Waals surface area contributed by atoms with Crippen LogP contribution in [0.5, 0.6) is 17.2 Å². The molecule has 0 amide bonds. The summed E-state index contributed by atoms with van der Waals surface area (Å²) in [6.45, 7) is 7.55. The van der Waals surface area contributed by atoms with E-state index in [0.717, 1.165) is 23.9 Å². The second kappa shape index (κ2) is 19.8. The first kappa shape index (κ1) is 41.9. The van der Waals surface area contributed by atoms with Crippen LogP contribution in [0.2, 0.25) is 0 Å². The van der Waals surface area contributed by atoms with Crippen LogP contribution in [-0.4, -0.2) is 104 Å². The van der Waals surface area contributed by atoms with Crippen molar-refractivity contribution in [3.05, 3.63) is 42.2 Å². The van der Waals surface area contributed by atoms with E-state index in [1.165, 1.54) is 44.3 Å². The van der Waals surface area contributed by atoms with Gasteiger partial charge in [-0.1, -0.05) is 43.6 Å². The predicted octanol–water partition coefficient (Wildman–Crippen LogP) is 4.80. The second-order valence-corrected chi connectivity index (χ2v) is 13.4. The highest BCUT2D eigenvalue weighted by molar-refractivity contribution is 9.09. The lowest BCUT2D eigenvalue weighted by molar-refractivity contribution is -0.141. The van der Waals surface area contributed by atoms with Gasteiger partial charge in [0.2, 0.25) is 0 Å². The lowest BCUT2D eigenvalue weighted by Gasteiger charge is -2.33. The third kappa shape index (κ3) is 13.9. The highest BCUT2D eigenvalue weighted by Crippen LogP contribution is 2.37. The van der Waals surface area contributed by atoms with E-state index in [2.05, 4.69) is 43.6 Å². The van der Waals surface area contributed by atoms with Gasteiger partial charge in [-0.25, -0.2) is 4.39 Å². The Morgan fingerprint density at radius 3 is 1.48 bits per heavy atom. The highest BCUT2D eigenvalue weighted by atomic mass is 79.9. The number of alkyl halides is 1. The van der Waals surface area contributed by atoms with E-state index in [4.69, 9.17) is 33.2 Å². The Bertz CT molecular complexity index is 1420. The Hall–Kier alpha value is -4.27. The van der Waals surface area contributed by atoms with Crippen molar-refractivity contribution in [2.75, 3.05) is 89.6 Å². The molecule has 15 heteroatoms. The normalized spacial score (nSPS) is 11.2. The number of nitrogens with zero attached hydrogens (tertiary/aromatic N) is 2. The van der Waals surface area contributed by atoms with Gasteiger partial charge in [0.05, 0.1) is 46.4 Å². The molecule has 0 radical (unpaired) electrons. The summed E-state index contributed by atoms with van der Waals surface area (Å²) in [5, 5.41) is 0.833. The summed E-state index contributed by atoms with van der Waals surface area (Å²) in [5.74, 6) is -2.30. The zero-order chi connectivity index (χ0) is 37.5. The first-order chi connectivity index (χ1) is 23.6. The Morgan fingerprint density at radius 1 is 0.640 bits per heavy atom. The molecule has 278 valence electrons. The standard InChI is InChI=1S/C35H48BrFN2O11/c1-34(2,22-36)21-35(3,4)23-50-25-10-12-27(39(19-32(42)46-7)20-33(43)47-8)29(16-25)49-14-13-48-28-15-24(37)9-11-26(28)38(17-30(40)44-5)18-31(41)45-6/h9-12,15-16H,13-14,17-23H2,1-8H3. The molecule has 0 saturated heterocycles. The predicted molar refractivity (Wildman–Crippen MR) is 188 cm³/mol. The molecular formula is C35H48BrFN2O11. The topological polar surface area (TPSA) is 139 Å². The van der Waals surface area contributed by atoms with Crippen LogP contribution in [0, 0.1) is 16.6 Å². The lowest BCUT2D eigenvalue weighted by atomic mass is 9.77. The van der Waals surface area contributed by atoms with Gasteiger partial charge >= 0.3 is 23.9 Å². The molecule has 0 aliphatic heterocycles. The molecule has 0 spiro atoms. The van der Waals surface area contributed by atoms with Crippen LogP contribution in [0.15, 0.2) is 36.4 Å². The number of ether oxygens (including phenoxy) is 7. The van der Waals surface area contributed by atoms with E-state index in [1.807, 2.05) is 0 Å². The van der Waals surface area contributed by atoms with Gasteiger partial charge in [0.15, 0.2) is 0 Å². The van der Waals surface area contributed by atoms with Crippen LogP contribution in [0.4, 0.5) is 15.8 Å². The number of benzene rings is 2. The average Bonchev–Trinajstić information content (AvgIpc) is 3.08. The SMILES string of the molecule is COC(=O)CN(CC(=O)OC)c1ccc(F)cc1OCCOc1cc(OCC(C)(C)CC(C)(C)CBr)ccc1N(CC(=O)OC)CC(=O)OC. The molecule has 0 unspecified atom stereocenters. The summed E-state index contributed by atoms with van der Waals surface area (Å²) in [6, 6.07) is 8.66. The van der Waals surface area contributed by atoms with E-state index in [0.29, 0.717) is 18.0 Å². The monoisotopic (exact) mass is 770 g/mol. The molecule has 2 rings (SSSR count). The quantitative estimate of drug-likeness (QED) is 0.0744. The summed E-state index contributed by atoms with van der Waals surface area (Å²) in [4.78, 5) is 51.6. The minimum absolute atomic E-state index is 0.0327. The number of hydrogen-bond acceptors (Lipinski definition) is 13. The zero-order valence-corrected chi connectivity index (χ0v) is 31.6. The molecule has 0 atom stereocenters. The number of methoxy groups -OCH3 is 4. The Balaban J connectivity index is 2.38. The van der Waals surface area contributed by atoms with Crippen molar-refractivity contribution in [2.24, 2.45) is 10.8 Å². The van der Waals surface area contributed by atoms with E-state index < -0.39 is 29.7 Å². The molecule has 0 bridgehead atoms. The van der Waals surface area contributed by atoms with Crippen molar-refractivity contribution in [3.8, 4) is 17.2 Å². The molecule has 0 N–H and O–H groups in total. The molecule has 0 saturated carbocycles. The molecule has 0 aliphatic rings. The maximum atomic E-state index is 14.4. The van der Waals surface area contributed by atoms with Gasteiger partial charge in [0.1, 0.15) is 62.5 Å². The van der Waals surface area contributed by atoms with Crippen LogP contribution < -0.4 is 24.0 Å². The summed E-state index contributed by atoms with van der Waals surface area (Å²) in [7, 11) is 4.88. The van der Waals surface area contributed by atoms with Crippen LogP contribution in [0.3, 0.4) is 0 Å².